The zero-order chi connectivity index (χ0) is 15.4. The van der Waals surface area contributed by atoms with Crippen LogP contribution in [0.25, 0.3) is 0 Å². The number of amides is 1. The van der Waals surface area contributed by atoms with Crippen LogP contribution >= 0.6 is 0 Å². The number of aromatic nitrogens is 1. The van der Waals surface area contributed by atoms with Crippen LogP contribution in [0.2, 0.25) is 0 Å². The van der Waals surface area contributed by atoms with Crippen molar-refractivity contribution in [3.05, 3.63) is 47.3 Å². The van der Waals surface area contributed by atoms with Crippen molar-refractivity contribution in [2.45, 2.75) is 19.6 Å². The van der Waals surface area contributed by atoms with Gasteiger partial charge < -0.3 is 19.9 Å². The van der Waals surface area contributed by atoms with Crippen molar-refractivity contribution in [1.82, 2.24) is 10.1 Å². The lowest BCUT2D eigenvalue weighted by Crippen LogP contribution is -2.29. The first-order chi connectivity index (χ1) is 10.0. The molecular weight excluding hydrogens is 270 g/mol. The zero-order valence-corrected chi connectivity index (χ0v) is 12.4. The Hall–Kier alpha value is -2.34. The number of hydrogen-bond acceptors (Lipinski definition) is 5. The Morgan fingerprint density at radius 3 is 2.90 bits per heavy atom. The average Bonchev–Trinajstić information content (AvgIpc) is 2.94. The maximum Gasteiger partial charge on any atom is 0.276 e. The van der Waals surface area contributed by atoms with E-state index in [2.05, 4.69) is 5.16 Å². The number of hydrogen-bond donors (Lipinski definition) is 1. The van der Waals surface area contributed by atoms with Crippen molar-refractivity contribution in [2.24, 2.45) is 0 Å². The van der Waals surface area contributed by atoms with E-state index in [0.29, 0.717) is 11.4 Å². The predicted molar refractivity (Wildman–Crippen MR) is 78.6 cm³/mol. The fourth-order valence-corrected chi connectivity index (χ4v) is 2.02. The van der Waals surface area contributed by atoms with Gasteiger partial charge in [-0.05, 0) is 24.6 Å². The molecule has 1 amide bonds. The fourth-order valence-electron chi connectivity index (χ4n) is 2.02. The molecule has 1 aromatic heterocycles. The Labute approximate surface area is 123 Å². The van der Waals surface area contributed by atoms with Crippen LogP contribution < -0.4 is 5.73 Å². The van der Waals surface area contributed by atoms with E-state index in [1.807, 2.05) is 31.2 Å². The molecule has 0 aliphatic heterocycles. The summed E-state index contributed by atoms with van der Waals surface area (Å²) < 4.78 is 9.98. The van der Waals surface area contributed by atoms with Gasteiger partial charge in [-0.25, -0.2) is 0 Å². The second-order valence-electron chi connectivity index (χ2n) is 4.87. The van der Waals surface area contributed by atoms with Gasteiger partial charge in [0.1, 0.15) is 6.61 Å². The highest BCUT2D eigenvalue weighted by molar-refractivity contribution is 5.92. The minimum Gasteiger partial charge on any atom is -0.399 e. The molecule has 112 valence electrons. The first-order valence-corrected chi connectivity index (χ1v) is 6.60. The van der Waals surface area contributed by atoms with Gasteiger partial charge >= 0.3 is 0 Å². The molecule has 0 saturated carbocycles. The molecule has 0 bridgehead atoms. The van der Waals surface area contributed by atoms with E-state index in [1.165, 1.54) is 0 Å². The van der Waals surface area contributed by atoms with Crippen molar-refractivity contribution in [3.63, 3.8) is 0 Å². The Morgan fingerprint density at radius 1 is 1.48 bits per heavy atom. The molecular formula is C15H19N3O3. The van der Waals surface area contributed by atoms with Crippen LogP contribution in [0, 0.1) is 0 Å². The summed E-state index contributed by atoms with van der Waals surface area (Å²) in [6.45, 7) is 2.22. The monoisotopic (exact) mass is 289 g/mol. The van der Waals surface area contributed by atoms with E-state index in [1.54, 1.807) is 25.1 Å². The average molecular weight is 289 g/mol. The Kier molecular flexibility index (Phi) is 4.59. The number of benzene rings is 1. The van der Waals surface area contributed by atoms with E-state index >= 15 is 0 Å². The molecule has 0 aliphatic rings. The van der Waals surface area contributed by atoms with Gasteiger partial charge in [0.25, 0.3) is 5.91 Å². The molecule has 2 aromatic rings. The van der Waals surface area contributed by atoms with E-state index in [0.717, 1.165) is 5.56 Å². The lowest BCUT2D eigenvalue weighted by atomic mass is 10.1. The highest BCUT2D eigenvalue weighted by atomic mass is 16.5. The minimum atomic E-state index is -0.212. The quantitative estimate of drug-likeness (QED) is 0.854. The smallest absolute Gasteiger partial charge is 0.276 e. The maximum atomic E-state index is 12.4. The predicted octanol–water partition coefficient (Wildman–Crippen LogP) is 2.24. The Morgan fingerprint density at radius 2 is 2.24 bits per heavy atom. The number of carbonyl (C=O) groups is 1. The molecule has 1 heterocycles. The van der Waals surface area contributed by atoms with Gasteiger partial charge in [0, 0.05) is 25.9 Å². The molecule has 0 fully saturated rings. The Balaban J connectivity index is 2.14. The minimum absolute atomic E-state index is 0.122. The van der Waals surface area contributed by atoms with Crippen molar-refractivity contribution in [3.8, 4) is 0 Å². The van der Waals surface area contributed by atoms with Crippen molar-refractivity contribution >= 4 is 11.6 Å². The van der Waals surface area contributed by atoms with Gasteiger partial charge in [-0.2, -0.15) is 0 Å². The normalized spacial score (nSPS) is 12.1. The summed E-state index contributed by atoms with van der Waals surface area (Å²) in [5.41, 5.74) is 7.67. The summed E-state index contributed by atoms with van der Waals surface area (Å²) >= 11 is 0. The van der Waals surface area contributed by atoms with Gasteiger partial charge in [0.2, 0.25) is 0 Å². The molecule has 6 heteroatoms. The van der Waals surface area contributed by atoms with Crippen LogP contribution in [-0.4, -0.2) is 30.1 Å². The van der Waals surface area contributed by atoms with E-state index in [-0.39, 0.29) is 24.2 Å². The van der Waals surface area contributed by atoms with Crippen LogP contribution in [-0.2, 0) is 11.3 Å². The van der Waals surface area contributed by atoms with Gasteiger partial charge in [-0.3, -0.25) is 4.79 Å². The van der Waals surface area contributed by atoms with Crippen LogP contribution in [0.4, 0.5) is 5.69 Å². The summed E-state index contributed by atoms with van der Waals surface area (Å²) in [6, 6.07) is 8.94. The number of nitrogens with two attached hydrogens (primary N) is 1. The van der Waals surface area contributed by atoms with Gasteiger partial charge in [0.05, 0.1) is 6.04 Å². The van der Waals surface area contributed by atoms with E-state index in [9.17, 15) is 4.79 Å². The molecule has 2 rings (SSSR count). The molecule has 2 N–H and O–H groups in total. The lowest BCUT2D eigenvalue weighted by molar-refractivity contribution is 0.0731. The third-order valence-corrected chi connectivity index (χ3v) is 3.36. The van der Waals surface area contributed by atoms with Crippen LogP contribution in [0.1, 0.15) is 34.8 Å². The zero-order valence-electron chi connectivity index (χ0n) is 12.4. The third-order valence-electron chi connectivity index (χ3n) is 3.36. The van der Waals surface area contributed by atoms with Crippen LogP contribution in [0.5, 0.6) is 0 Å². The number of nitrogen functional groups attached to an aromatic ring is 1. The van der Waals surface area contributed by atoms with E-state index < -0.39 is 0 Å². The maximum absolute atomic E-state index is 12.4. The number of methoxy groups -OCH3 is 1. The third kappa shape index (κ3) is 3.41. The lowest BCUT2D eigenvalue weighted by Gasteiger charge is -2.24. The SMILES string of the molecule is COCc1cc(C(=O)N(C)C(C)c2cccc(N)c2)no1. The van der Waals surface area contributed by atoms with Gasteiger partial charge in [-0.15, -0.1) is 0 Å². The van der Waals surface area contributed by atoms with Crippen LogP contribution in [0.3, 0.4) is 0 Å². The highest BCUT2D eigenvalue weighted by Crippen LogP contribution is 2.22. The standard InChI is InChI=1S/C15H19N3O3/c1-10(11-5-4-6-12(16)7-11)18(2)15(19)14-8-13(9-20-3)21-17-14/h4-8,10H,9,16H2,1-3H3. The van der Waals surface area contributed by atoms with E-state index in [4.69, 9.17) is 15.0 Å². The number of carbonyl (C=O) groups excluding carboxylic acids is 1. The summed E-state index contributed by atoms with van der Waals surface area (Å²) in [5, 5.41) is 3.78. The van der Waals surface area contributed by atoms with Gasteiger partial charge in [-0.1, -0.05) is 17.3 Å². The molecule has 1 unspecified atom stereocenters. The largest absolute Gasteiger partial charge is 0.399 e. The van der Waals surface area contributed by atoms with Crippen molar-refractivity contribution in [1.29, 1.82) is 0 Å². The van der Waals surface area contributed by atoms with Gasteiger partial charge in [0.15, 0.2) is 11.5 Å². The van der Waals surface area contributed by atoms with Crippen molar-refractivity contribution in [2.75, 3.05) is 19.9 Å². The topological polar surface area (TPSA) is 81.6 Å². The molecule has 1 atom stereocenters. The fraction of sp³-hybridized carbons (Fsp3) is 0.333. The first kappa shape index (κ1) is 15.1. The van der Waals surface area contributed by atoms with Crippen molar-refractivity contribution < 1.29 is 14.1 Å². The van der Waals surface area contributed by atoms with Crippen LogP contribution in [0.15, 0.2) is 34.9 Å². The number of ether oxygens (including phenoxy) is 1. The summed E-state index contributed by atoms with van der Waals surface area (Å²) in [5.74, 6) is 0.307. The molecule has 0 saturated heterocycles. The Bertz CT molecular complexity index is 624. The number of anilines is 1. The molecule has 0 aliphatic carbocycles. The summed E-state index contributed by atoms with van der Waals surface area (Å²) in [4.78, 5) is 14.0. The molecule has 0 spiro atoms. The molecule has 21 heavy (non-hydrogen) atoms. The number of rotatable bonds is 5. The highest BCUT2D eigenvalue weighted by Gasteiger charge is 2.22. The summed E-state index contributed by atoms with van der Waals surface area (Å²) in [7, 11) is 3.28. The first-order valence-electron chi connectivity index (χ1n) is 6.60. The summed E-state index contributed by atoms with van der Waals surface area (Å²) in [6.07, 6.45) is 0. The molecule has 6 nitrogen and oxygen atoms in total. The second-order valence-corrected chi connectivity index (χ2v) is 4.87. The number of nitrogens with zero attached hydrogens (tertiary/aromatic N) is 2. The molecule has 0 radical (unpaired) electrons. The molecule has 1 aromatic carbocycles. The second kappa shape index (κ2) is 6.41.